The van der Waals surface area contributed by atoms with Gasteiger partial charge in [-0.3, -0.25) is 0 Å². The van der Waals surface area contributed by atoms with Gasteiger partial charge in [0.05, 0.1) is 0 Å². The molecule has 0 radical (unpaired) electrons. The van der Waals surface area contributed by atoms with Gasteiger partial charge in [0.2, 0.25) is 0 Å². The van der Waals surface area contributed by atoms with Crippen molar-refractivity contribution in [1.82, 2.24) is 0 Å². The van der Waals surface area contributed by atoms with Gasteiger partial charge in [0.15, 0.2) is 0 Å². The van der Waals surface area contributed by atoms with Crippen molar-refractivity contribution in [3.63, 3.8) is 0 Å². The van der Waals surface area contributed by atoms with Gasteiger partial charge in [-0.25, -0.2) is 4.79 Å². The summed E-state index contributed by atoms with van der Waals surface area (Å²) in [5, 5.41) is 7.19. The largest absolute Gasteiger partial charge is 0.465 e. The normalized spacial score (nSPS) is 9.82. The fraction of sp³-hybridized carbons (Fsp3) is 0.800. The molecule has 0 aromatic heterocycles. The van der Waals surface area contributed by atoms with Gasteiger partial charge >= 0.3 is 14.7 Å². The molecule has 6 heteroatoms. The Morgan fingerprint density at radius 2 is 1.55 bits per heavy atom. The van der Waals surface area contributed by atoms with E-state index in [1.54, 1.807) is 14.2 Å². The summed E-state index contributed by atoms with van der Waals surface area (Å²) < 4.78 is 10.0. The van der Waals surface area contributed by atoms with Crippen molar-refractivity contribution in [3.05, 3.63) is 0 Å². The number of carbonyl (C=O) groups is 1. The molecule has 0 atom stereocenters. The summed E-state index contributed by atoms with van der Waals surface area (Å²) in [5.41, 5.74) is 4.03. The number of amides is 1. The fourth-order valence-corrected chi connectivity index (χ4v) is 0.250. The van der Waals surface area contributed by atoms with E-state index in [0.29, 0.717) is 0 Å². The van der Waals surface area contributed by atoms with Crippen LogP contribution in [0.15, 0.2) is 0 Å². The van der Waals surface area contributed by atoms with Gasteiger partial charge < -0.3 is 19.7 Å². The van der Waals surface area contributed by atoms with Gasteiger partial charge in [-0.2, -0.15) is 0 Å². The van der Waals surface area contributed by atoms with Gasteiger partial charge in [0.25, 0.3) is 0 Å². The monoisotopic (exact) mass is 181 g/mol. The first kappa shape index (κ1) is 13.0. The molecular formula is C5H15NO4Si. The minimum atomic E-state index is -1.65. The average molecular weight is 181 g/mol. The number of rotatable bonds is 2. The van der Waals surface area contributed by atoms with E-state index < -0.39 is 14.7 Å². The predicted molar refractivity (Wildman–Crippen MR) is 43.7 cm³/mol. The van der Waals surface area contributed by atoms with Crippen LogP contribution < -0.4 is 5.73 Å². The van der Waals surface area contributed by atoms with Crippen molar-refractivity contribution < 1.29 is 18.8 Å². The molecule has 3 N–H and O–H groups in total. The molecule has 68 valence electrons. The van der Waals surface area contributed by atoms with Crippen LogP contribution in [0.1, 0.15) is 0 Å². The van der Waals surface area contributed by atoms with Crippen molar-refractivity contribution in [2.24, 2.45) is 5.73 Å². The van der Waals surface area contributed by atoms with E-state index >= 15 is 0 Å². The molecule has 0 fully saturated rings. The highest BCUT2D eigenvalue weighted by Crippen LogP contribution is 1.99. The molecule has 0 aromatic rings. The highest BCUT2D eigenvalue weighted by molar-refractivity contribution is 6.64. The SMILES string of the molecule is CO[Si](C)(C)OC.NC(=O)O. The second-order valence-corrected chi connectivity index (χ2v) is 5.76. The summed E-state index contributed by atoms with van der Waals surface area (Å²) in [6.07, 6.45) is -1.33. The topological polar surface area (TPSA) is 81.8 Å². The Kier molecular flexibility index (Phi) is 7.27. The lowest BCUT2D eigenvalue weighted by Crippen LogP contribution is -2.31. The van der Waals surface area contributed by atoms with Crippen LogP contribution in [0.2, 0.25) is 13.1 Å². The van der Waals surface area contributed by atoms with Gasteiger partial charge in [0, 0.05) is 14.2 Å². The van der Waals surface area contributed by atoms with Crippen molar-refractivity contribution in [1.29, 1.82) is 0 Å². The molecule has 0 heterocycles. The van der Waals surface area contributed by atoms with Crippen LogP contribution in [0.5, 0.6) is 0 Å². The Bertz CT molecular complexity index is 107. The molecule has 0 aliphatic carbocycles. The minimum Gasteiger partial charge on any atom is -0.465 e. The van der Waals surface area contributed by atoms with E-state index in [2.05, 4.69) is 5.73 Å². The molecule has 0 aromatic carbocycles. The lowest BCUT2D eigenvalue weighted by molar-refractivity contribution is 0.205. The van der Waals surface area contributed by atoms with Gasteiger partial charge in [-0.15, -0.1) is 0 Å². The zero-order chi connectivity index (χ0) is 9.49. The third kappa shape index (κ3) is 17.7. The maximum atomic E-state index is 8.78. The zero-order valence-electron chi connectivity index (χ0n) is 7.25. The van der Waals surface area contributed by atoms with Crippen molar-refractivity contribution >= 4 is 14.7 Å². The van der Waals surface area contributed by atoms with Crippen LogP contribution in [0.3, 0.4) is 0 Å². The summed E-state index contributed by atoms with van der Waals surface area (Å²) >= 11 is 0. The summed E-state index contributed by atoms with van der Waals surface area (Å²) in [6.45, 7) is 3.99. The van der Waals surface area contributed by atoms with Crippen LogP contribution in [0, 0.1) is 0 Å². The number of carboxylic acid groups (broad SMARTS) is 1. The molecule has 0 saturated carbocycles. The maximum Gasteiger partial charge on any atom is 0.402 e. The van der Waals surface area contributed by atoms with Crippen molar-refractivity contribution in [3.8, 4) is 0 Å². The Morgan fingerprint density at radius 1 is 1.36 bits per heavy atom. The molecule has 0 rings (SSSR count). The third-order valence-corrected chi connectivity index (χ3v) is 2.95. The summed E-state index contributed by atoms with van der Waals surface area (Å²) in [4.78, 5) is 8.78. The standard InChI is InChI=1S/C4H12O2Si.CH3NO2/c1-5-7(3,4)6-2;2-1(3)4/h1-4H3;2H2,(H,3,4). The minimum absolute atomic E-state index is 1.33. The smallest absolute Gasteiger partial charge is 0.402 e. The molecule has 0 aliphatic heterocycles. The first-order valence-electron chi connectivity index (χ1n) is 2.94. The molecule has 0 saturated heterocycles. The van der Waals surface area contributed by atoms with Gasteiger partial charge in [-0.1, -0.05) is 0 Å². The van der Waals surface area contributed by atoms with Crippen molar-refractivity contribution in [2.75, 3.05) is 14.2 Å². The Labute approximate surface area is 67.4 Å². The van der Waals surface area contributed by atoms with E-state index in [9.17, 15) is 0 Å². The number of primary amides is 1. The molecule has 1 amide bonds. The second-order valence-electron chi connectivity index (χ2n) is 2.15. The van der Waals surface area contributed by atoms with Crippen LogP contribution >= 0.6 is 0 Å². The molecule has 0 spiro atoms. The Morgan fingerprint density at radius 3 is 1.55 bits per heavy atom. The predicted octanol–water partition coefficient (Wildman–Crippen LogP) is 0.604. The Hall–Kier alpha value is -0.593. The number of hydrogen-bond acceptors (Lipinski definition) is 3. The first-order chi connectivity index (χ1) is 4.85. The summed E-state index contributed by atoms with van der Waals surface area (Å²) in [6, 6.07) is 0. The van der Waals surface area contributed by atoms with E-state index in [4.69, 9.17) is 18.8 Å². The Balaban J connectivity index is 0. The molecule has 0 bridgehead atoms. The van der Waals surface area contributed by atoms with Crippen LogP contribution in [-0.4, -0.2) is 34.0 Å². The lowest BCUT2D eigenvalue weighted by atomic mass is 11.3. The molecule has 0 aliphatic rings. The van der Waals surface area contributed by atoms with Crippen molar-refractivity contribution in [2.45, 2.75) is 13.1 Å². The second kappa shape index (κ2) is 6.14. The van der Waals surface area contributed by atoms with Gasteiger partial charge in [0.1, 0.15) is 0 Å². The van der Waals surface area contributed by atoms with Gasteiger partial charge in [-0.05, 0) is 13.1 Å². The van der Waals surface area contributed by atoms with E-state index in [0.717, 1.165) is 0 Å². The van der Waals surface area contributed by atoms with Crippen LogP contribution in [0.25, 0.3) is 0 Å². The van der Waals surface area contributed by atoms with Crippen LogP contribution in [0.4, 0.5) is 4.79 Å². The number of nitrogens with two attached hydrogens (primary N) is 1. The molecule has 0 unspecified atom stereocenters. The van der Waals surface area contributed by atoms with E-state index in [1.165, 1.54) is 0 Å². The molecule has 5 nitrogen and oxygen atoms in total. The van der Waals surface area contributed by atoms with E-state index in [1.807, 2.05) is 13.1 Å². The lowest BCUT2D eigenvalue weighted by Gasteiger charge is -2.15. The average Bonchev–Trinajstić information content (AvgIpc) is 1.87. The first-order valence-corrected chi connectivity index (χ1v) is 5.76. The molecule has 11 heavy (non-hydrogen) atoms. The van der Waals surface area contributed by atoms with E-state index in [-0.39, 0.29) is 0 Å². The maximum absolute atomic E-state index is 8.78. The quantitative estimate of drug-likeness (QED) is 0.611. The number of hydrogen-bond donors (Lipinski definition) is 2. The zero-order valence-corrected chi connectivity index (χ0v) is 8.25. The van der Waals surface area contributed by atoms with Crippen LogP contribution in [-0.2, 0) is 8.85 Å². The summed E-state index contributed by atoms with van der Waals surface area (Å²) in [7, 11) is 1.70. The molecular weight excluding hydrogens is 166 g/mol. The highest BCUT2D eigenvalue weighted by atomic mass is 28.4. The third-order valence-electron chi connectivity index (χ3n) is 0.983. The summed E-state index contributed by atoms with van der Waals surface area (Å²) in [5.74, 6) is 0. The highest BCUT2D eigenvalue weighted by Gasteiger charge is 2.19. The fourth-order valence-electron chi connectivity index (χ4n) is 0.0833.